The summed E-state index contributed by atoms with van der Waals surface area (Å²) in [6.07, 6.45) is 3.21. The molecule has 1 unspecified atom stereocenters. The normalized spacial score (nSPS) is 12.1. The van der Waals surface area contributed by atoms with E-state index in [0.29, 0.717) is 23.5 Å². The van der Waals surface area contributed by atoms with Crippen LogP contribution in [0.3, 0.4) is 0 Å². The Morgan fingerprint density at radius 2 is 2.24 bits per heavy atom. The van der Waals surface area contributed by atoms with Crippen molar-refractivity contribution in [1.29, 1.82) is 0 Å². The first-order valence-electron chi connectivity index (χ1n) is 6.74. The molecule has 0 radical (unpaired) electrons. The summed E-state index contributed by atoms with van der Waals surface area (Å²) in [5.41, 5.74) is 0.930. The summed E-state index contributed by atoms with van der Waals surface area (Å²) in [7, 11) is 1.73. The number of aromatic nitrogens is 5. The van der Waals surface area contributed by atoms with E-state index in [4.69, 9.17) is 0 Å². The van der Waals surface area contributed by atoms with Crippen molar-refractivity contribution >= 4 is 11.7 Å². The van der Waals surface area contributed by atoms with E-state index in [1.807, 2.05) is 6.92 Å². The summed E-state index contributed by atoms with van der Waals surface area (Å²) in [4.78, 5) is 23.7. The Morgan fingerprint density at radius 3 is 2.76 bits per heavy atom. The highest BCUT2D eigenvalue weighted by Gasteiger charge is 2.21. The average Bonchev–Trinajstić information content (AvgIpc) is 3.07. The minimum atomic E-state index is -0.308. The minimum absolute atomic E-state index is 0.0760. The molecule has 2 aromatic rings. The van der Waals surface area contributed by atoms with Crippen LogP contribution in [0.1, 0.15) is 59.4 Å². The van der Waals surface area contributed by atoms with Gasteiger partial charge >= 0.3 is 0 Å². The molecule has 0 saturated heterocycles. The third kappa shape index (κ3) is 3.33. The van der Waals surface area contributed by atoms with Crippen LogP contribution in [-0.4, -0.2) is 36.9 Å². The number of nitrogens with one attached hydrogen (secondary N) is 2. The largest absolute Gasteiger partial charge is 0.346 e. The highest BCUT2D eigenvalue weighted by molar-refractivity contribution is 5.99. The van der Waals surface area contributed by atoms with Crippen molar-refractivity contribution in [2.24, 2.45) is 7.05 Å². The zero-order chi connectivity index (χ0) is 15.4. The van der Waals surface area contributed by atoms with Crippen LogP contribution in [0.15, 0.2) is 12.3 Å². The zero-order valence-electron chi connectivity index (χ0n) is 12.3. The van der Waals surface area contributed by atoms with E-state index in [2.05, 4.69) is 25.9 Å². The lowest BCUT2D eigenvalue weighted by atomic mass is 10.1. The van der Waals surface area contributed by atoms with Crippen LogP contribution in [0.5, 0.6) is 0 Å². The Morgan fingerprint density at radius 1 is 1.48 bits per heavy atom. The van der Waals surface area contributed by atoms with Gasteiger partial charge in [0.15, 0.2) is 11.6 Å². The van der Waals surface area contributed by atoms with E-state index in [1.165, 1.54) is 6.92 Å². The Balaban J connectivity index is 2.17. The molecule has 21 heavy (non-hydrogen) atoms. The number of ketones is 1. The summed E-state index contributed by atoms with van der Waals surface area (Å²) in [5.74, 6) is 0.104. The molecule has 2 heterocycles. The van der Waals surface area contributed by atoms with Crippen LogP contribution in [-0.2, 0) is 7.05 Å². The second-order valence-electron chi connectivity index (χ2n) is 4.87. The van der Waals surface area contributed by atoms with Crippen LogP contribution >= 0.6 is 0 Å². The number of aryl methyl sites for hydroxylation is 1. The number of aromatic amines is 1. The van der Waals surface area contributed by atoms with E-state index in [9.17, 15) is 9.59 Å². The van der Waals surface area contributed by atoms with E-state index in [1.54, 1.807) is 23.9 Å². The van der Waals surface area contributed by atoms with Crippen molar-refractivity contribution in [1.82, 2.24) is 30.5 Å². The molecular formula is C13H18N6O2. The van der Waals surface area contributed by atoms with E-state index >= 15 is 0 Å². The lowest BCUT2D eigenvalue weighted by Crippen LogP contribution is -2.30. The number of H-pyrrole nitrogens is 1. The number of amides is 1. The molecule has 2 N–H and O–H groups in total. The summed E-state index contributed by atoms with van der Waals surface area (Å²) in [6, 6.07) is 1.27. The van der Waals surface area contributed by atoms with Gasteiger partial charge in [0, 0.05) is 18.8 Å². The molecule has 0 fully saturated rings. The zero-order valence-corrected chi connectivity index (χ0v) is 12.3. The molecule has 0 aliphatic heterocycles. The number of nitrogens with zero attached hydrogens (tertiary/aromatic N) is 4. The van der Waals surface area contributed by atoms with Crippen molar-refractivity contribution in [2.75, 3.05) is 0 Å². The van der Waals surface area contributed by atoms with Gasteiger partial charge in [-0.15, -0.1) is 10.2 Å². The smallest absolute Gasteiger partial charge is 0.268 e. The molecule has 0 saturated carbocycles. The molecular weight excluding hydrogens is 272 g/mol. The van der Waals surface area contributed by atoms with Gasteiger partial charge in [-0.1, -0.05) is 18.6 Å². The third-order valence-corrected chi connectivity index (χ3v) is 3.20. The molecule has 1 amide bonds. The predicted octanol–water partition coefficient (Wildman–Crippen LogP) is 1.01. The van der Waals surface area contributed by atoms with Crippen LogP contribution in [0.25, 0.3) is 0 Å². The highest BCUT2D eigenvalue weighted by atomic mass is 16.2. The SMILES string of the molecule is CCCC(NC(=O)c1cc(C(C)=O)cn1C)c1nn[nH]n1. The van der Waals surface area contributed by atoms with Gasteiger partial charge in [-0.3, -0.25) is 9.59 Å². The van der Waals surface area contributed by atoms with Gasteiger partial charge in [0.1, 0.15) is 5.69 Å². The summed E-state index contributed by atoms with van der Waals surface area (Å²) in [5, 5.41) is 16.6. The summed E-state index contributed by atoms with van der Waals surface area (Å²) >= 11 is 0. The van der Waals surface area contributed by atoms with Gasteiger partial charge in [0.2, 0.25) is 0 Å². The lowest BCUT2D eigenvalue weighted by molar-refractivity contribution is 0.0924. The standard InChI is InChI=1S/C13H18N6O2/c1-4-5-10(12-15-17-18-16-12)14-13(21)11-6-9(8(2)20)7-19(11)3/h6-7,10H,4-5H2,1-3H3,(H,14,21)(H,15,16,17,18). The summed E-state index contributed by atoms with van der Waals surface area (Å²) in [6.45, 7) is 3.48. The molecule has 2 aromatic heterocycles. The molecule has 0 aromatic carbocycles. The van der Waals surface area contributed by atoms with Gasteiger partial charge in [0.25, 0.3) is 5.91 Å². The Hall–Kier alpha value is -2.51. The monoisotopic (exact) mass is 290 g/mol. The topological polar surface area (TPSA) is 106 Å². The van der Waals surface area contributed by atoms with Crippen LogP contribution in [0.2, 0.25) is 0 Å². The number of hydrogen-bond donors (Lipinski definition) is 2. The number of carbonyl (C=O) groups is 2. The van der Waals surface area contributed by atoms with E-state index in [-0.39, 0.29) is 17.7 Å². The van der Waals surface area contributed by atoms with Gasteiger partial charge in [-0.05, 0) is 19.4 Å². The van der Waals surface area contributed by atoms with Gasteiger partial charge in [-0.25, -0.2) is 0 Å². The number of hydrogen-bond acceptors (Lipinski definition) is 5. The first-order valence-corrected chi connectivity index (χ1v) is 6.74. The lowest BCUT2D eigenvalue weighted by Gasteiger charge is -2.14. The maximum absolute atomic E-state index is 12.4. The number of tetrazole rings is 1. The third-order valence-electron chi connectivity index (χ3n) is 3.20. The quantitative estimate of drug-likeness (QED) is 0.772. The molecule has 8 heteroatoms. The number of Topliss-reactive ketones (excluding diaryl/α,β-unsaturated/α-hetero) is 1. The Kier molecular flexibility index (Phi) is 4.46. The van der Waals surface area contributed by atoms with E-state index in [0.717, 1.165) is 6.42 Å². The van der Waals surface area contributed by atoms with E-state index < -0.39 is 0 Å². The average molecular weight is 290 g/mol. The molecule has 2 rings (SSSR count). The van der Waals surface area contributed by atoms with Crippen molar-refractivity contribution in [3.05, 3.63) is 29.3 Å². The molecule has 0 bridgehead atoms. The molecule has 0 aliphatic carbocycles. The second kappa shape index (κ2) is 6.29. The number of rotatable bonds is 6. The maximum atomic E-state index is 12.4. The second-order valence-corrected chi connectivity index (χ2v) is 4.87. The Bertz CT molecular complexity index is 631. The predicted molar refractivity (Wildman–Crippen MR) is 74.7 cm³/mol. The molecule has 8 nitrogen and oxygen atoms in total. The first kappa shape index (κ1) is 14.9. The fourth-order valence-corrected chi connectivity index (χ4v) is 2.09. The van der Waals surface area contributed by atoms with Crippen molar-refractivity contribution in [2.45, 2.75) is 32.7 Å². The van der Waals surface area contributed by atoms with Gasteiger partial charge < -0.3 is 9.88 Å². The van der Waals surface area contributed by atoms with Crippen LogP contribution in [0.4, 0.5) is 0 Å². The minimum Gasteiger partial charge on any atom is -0.346 e. The molecule has 0 spiro atoms. The fraction of sp³-hybridized carbons (Fsp3) is 0.462. The van der Waals surface area contributed by atoms with Gasteiger partial charge in [0.05, 0.1) is 6.04 Å². The van der Waals surface area contributed by atoms with Crippen LogP contribution in [0, 0.1) is 0 Å². The molecule has 112 valence electrons. The fourth-order valence-electron chi connectivity index (χ4n) is 2.09. The Labute approximate surface area is 121 Å². The highest BCUT2D eigenvalue weighted by Crippen LogP contribution is 2.15. The van der Waals surface area contributed by atoms with Crippen LogP contribution < -0.4 is 5.32 Å². The summed E-state index contributed by atoms with van der Waals surface area (Å²) < 4.78 is 1.63. The van der Waals surface area contributed by atoms with Gasteiger partial charge in [-0.2, -0.15) is 5.21 Å². The molecule has 0 aliphatic rings. The maximum Gasteiger partial charge on any atom is 0.268 e. The van der Waals surface area contributed by atoms with Crippen molar-refractivity contribution < 1.29 is 9.59 Å². The number of carbonyl (C=O) groups excluding carboxylic acids is 2. The first-order chi connectivity index (χ1) is 10.0. The molecule has 1 atom stereocenters. The van der Waals surface area contributed by atoms with Crippen molar-refractivity contribution in [3.8, 4) is 0 Å². The van der Waals surface area contributed by atoms with Crippen molar-refractivity contribution in [3.63, 3.8) is 0 Å².